The van der Waals surface area contributed by atoms with Crippen molar-refractivity contribution < 1.29 is 14.3 Å². The maximum Gasteiger partial charge on any atom is 0.225 e. The number of piperidine rings is 1. The highest BCUT2D eigenvalue weighted by molar-refractivity contribution is 5.94. The number of hydrogen-bond donors (Lipinski definition) is 0. The third-order valence-electron chi connectivity index (χ3n) is 6.99. The molecule has 8 nitrogen and oxygen atoms in total. The lowest BCUT2D eigenvalue weighted by Crippen LogP contribution is -2.51. The van der Waals surface area contributed by atoms with Crippen molar-refractivity contribution in [2.45, 2.75) is 19.8 Å². The number of anilines is 2. The standard InChI is InChI=1S/C28H31N5O3/c1-21(34)22-7-9-24(10-8-22)31-15-17-33(18-16-31)28(35)23-11-13-32(14-12-23)26-19-27(30-20-29-26)36-25-5-3-2-4-6-25/h2-10,19-20,23H,11-18H2,1H3. The van der Waals surface area contributed by atoms with Crippen molar-refractivity contribution in [3.8, 4) is 11.6 Å². The summed E-state index contributed by atoms with van der Waals surface area (Å²) in [4.78, 5) is 39.9. The first-order chi connectivity index (χ1) is 17.6. The van der Waals surface area contributed by atoms with E-state index in [4.69, 9.17) is 4.74 Å². The van der Waals surface area contributed by atoms with Gasteiger partial charge in [-0.05, 0) is 56.2 Å². The van der Waals surface area contributed by atoms with Gasteiger partial charge in [0, 0.05) is 62.5 Å². The molecule has 5 rings (SSSR count). The number of aromatic nitrogens is 2. The first-order valence-electron chi connectivity index (χ1n) is 12.5. The minimum absolute atomic E-state index is 0.0459. The number of hydrogen-bond acceptors (Lipinski definition) is 7. The van der Waals surface area contributed by atoms with E-state index < -0.39 is 0 Å². The molecule has 2 aliphatic rings. The molecule has 1 amide bonds. The maximum atomic E-state index is 13.2. The number of para-hydroxylation sites is 1. The molecule has 8 heteroatoms. The Kier molecular flexibility index (Phi) is 7.11. The van der Waals surface area contributed by atoms with Crippen LogP contribution in [0.15, 0.2) is 67.0 Å². The molecule has 0 atom stereocenters. The second-order valence-corrected chi connectivity index (χ2v) is 9.31. The van der Waals surface area contributed by atoms with Crippen LogP contribution in [0, 0.1) is 5.92 Å². The third kappa shape index (κ3) is 5.48. The van der Waals surface area contributed by atoms with Gasteiger partial charge in [0.15, 0.2) is 5.78 Å². The average molecular weight is 486 g/mol. The van der Waals surface area contributed by atoms with Crippen molar-refractivity contribution in [2.24, 2.45) is 5.92 Å². The Labute approximate surface area is 211 Å². The number of amides is 1. The lowest BCUT2D eigenvalue weighted by atomic mass is 9.95. The van der Waals surface area contributed by atoms with Crippen molar-refractivity contribution in [1.82, 2.24) is 14.9 Å². The van der Waals surface area contributed by atoms with Gasteiger partial charge in [-0.3, -0.25) is 9.59 Å². The number of Topliss-reactive ketones (excluding diaryl/α,β-unsaturated/α-hetero) is 1. The van der Waals surface area contributed by atoms with Crippen LogP contribution in [0.1, 0.15) is 30.1 Å². The van der Waals surface area contributed by atoms with Gasteiger partial charge >= 0.3 is 0 Å². The number of ketones is 1. The van der Waals surface area contributed by atoms with Gasteiger partial charge in [-0.1, -0.05) is 18.2 Å². The number of ether oxygens (including phenoxy) is 1. The lowest BCUT2D eigenvalue weighted by molar-refractivity contribution is -0.136. The minimum atomic E-state index is 0.0459. The Morgan fingerprint density at radius 1 is 0.833 bits per heavy atom. The van der Waals surface area contributed by atoms with Crippen molar-refractivity contribution >= 4 is 23.2 Å². The second kappa shape index (κ2) is 10.8. The second-order valence-electron chi connectivity index (χ2n) is 9.31. The van der Waals surface area contributed by atoms with E-state index in [0.717, 1.165) is 74.9 Å². The molecular weight excluding hydrogens is 454 g/mol. The Balaban J connectivity index is 1.11. The lowest BCUT2D eigenvalue weighted by Gasteiger charge is -2.39. The average Bonchev–Trinajstić information content (AvgIpc) is 2.94. The molecule has 3 aromatic rings. The molecule has 0 saturated carbocycles. The van der Waals surface area contributed by atoms with Crippen LogP contribution in [-0.4, -0.2) is 65.8 Å². The number of carbonyl (C=O) groups is 2. The summed E-state index contributed by atoms with van der Waals surface area (Å²) in [5.41, 5.74) is 1.82. The summed E-state index contributed by atoms with van der Waals surface area (Å²) in [6, 6.07) is 19.2. The van der Waals surface area contributed by atoms with Crippen LogP contribution in [0.5, 0.6) is 11.6 Å². The van der Waals surface area contributed by atoms with E-state index in [1.54, 1.807) is 6.92 Å². The first kappa shape index (κ1) is 23.8. The predicted octanol–water partition coefficient (Wildman–Crippen LogP) is 4.04. The predicted molar refractivity (Wildman–Crippen MR) is 139 cm³/mol. The zero-order valence-electron chi connectivity index (χ0n) is 20.5. The normalized spacial score (nSPS) is 16.6. The number of carbonyl (C=O) groups excluding carboxylic acids is 2. The van der Waals surface area contributed by atoms with Gasteiger partial charge in [0.1, 0.15) is 17.9 Å². The number of rotatable bonds is 6. The van der Waals surface area contributed by atoms with Gasteiger partial charge in [0.25, 0.3) is 0 Å². The molecule has 36 heavy (non-hydrogen) atoms. The van der Waals surface area contributed by atoms with Crippen LogP contribution in [0.3, 0.4) is 0 Å². The summed E-state index contributed by atoms with van der Waals surface area (Å²) >= 11 is 0. The molecule has 2 saturated heterocycles. The molecule has 3 heterocycles. The van der Waals surface area contributed by atoms with Gasteiger partial charge in [0.05, 0.1) is 0 Å². The fourth-order valence-electron chi connectivity index (χ4n) is 4.87. The fraction of sp³-hybridized carbons (Fsp3) is 0.357. The van der Waals surface area contributed by atoms with Crippen molar-refractivity contribution in [2.75, 3.05) is 49.1 Å². The number of piperazine rings is 1. The zero-order valence-corrected chi connectivity index (χ0v) is 20.5. The molecule has 2 aliphatic heterocycles. The van der Waals surface area contributed by atoms with E-state index in [1.165, 1.54) is 6.33 Å². The van der Waals surface area contributed by atoms with E-state index in [-0.39, 0.29) is 17.6 Å². The van der Waals surface area contributed by atoms with Crippen LogP contribution in [0.25, 0.3) is 0 Å². The molecule has 186 valence electrons. The third-order valence-corrected chi connectivity index (χ3v) is 6.99. The van der Waals surface area contributed by atoms with E-state index in [9.17, 15) is 9.59 Å². The molecule has 0 radical (unpaired) electrons. The first-order valence-corrected chi connectivity index (χ1v) is 12.5. The molecule has 0 unspecified atom stereocenters. The Morgan fingerprint density at radius 2 is 1.53 bits per heavy atom. The monoisotopic (exact) mass is 485 g/mol. The highest BCUT2D eigenvalue weighted by atomic mass is 16.5. The molecule has 0 spiro atoms. The quantitative estimate of drug-likeness (QED) is 0.488. The summed E-state index contributed by atoms with van der Waals surface area (Å²) in [5, 5.41) is 0. The minimum Gasteiger partial charge on any atom is -0.439 e. The summed E-state index contributed by atoms with van der Waals surface area (Å²) in [7, 11) is 0. The Bertz CT molecular complexity index is 1190. The van der Waals surface area contributed by atoms with Crippen LogP contribution >= 0.6 is 0 Å². The topological polar surface area (TPSA) is 78.9 Å². The summed E-state index contributed by atoms with van der Waals surface area (Å²) in [5.74, 6) is 2.45. The van der Waals surface area contributed by atoms with Gasteiger partial charge in [-0.15, -0.1) is 0 Å². The molecular formula is C28H31N5O3. The summed E-state index contributed by atoms with van der Waals surface area (Å²) < 4.78 is 5.85. The Morgan fingerprint density at radius 3 is 2.19 bits per heavy atom. The zero-order chi connectivity index (χ0) is 24.9. The molecule has 2 aromatic carbocycles. The van der Waals surface area contributed by atoms with Crippen LogP contribution in [-0.2, 0) is 4.79 Å². The number of nitrogens with zero attached hydrogens (tertiary/aromatic N) is 5. The number of benzene rings is 2. The fourth-order valence-corrected chi connectivity index (χ4v) is 4.87. The molecule has 0 N–H and O–H groups in total. The van der Waals surface area contributed by atoms with Gasteiger partial charge in [-0.25, -0.2) is 9.97 Å². The maximum absolute atomic E-state index is 13.2. The van der Waals surface area contributed by atoms with Gasteiger partial charge in [0.2, 0.25) is 11.8 Å². The SMILES string of the molecule is CC(=O)c1ccc(N2CCN(C(=O)C3CCN(c4cc(Oc5ccccc5)ncn4)CC3)CC2)cc1. The van der Waals surface area contributed by atoms with Crippen LogP contribution < -0.4 is 14.5 Å². The van der Waals surface area contributed by atoms with Crippen LogP contribution in [0.2, 0.25) is 0 Å². The largest absolute Gasteiger partial charge is 0.439 e. The highest BCUT2D eigenvalue weighted by Gasteiger charge is 2.31. The van der Waals surface area contributed by atoms with Crippen molar-refractivity contribution in [3.05, 3.63) is 72.6 Å². The molecule has 2 fully saturated rings. The Hall–Kier alpha value is -3.94. The molecule has 0 bridgehead atoms. The highest BCUT2D eigenvalue weighted by Crippen LogP contribution is 2.27. The van der Waals surface area contributed by atoms with Crippen molar-refractivity contribution in [3.63, 3.8) is 0 Å². The van der Waals surface area contributed by atoms with Crippen molar-refractivity contribution in [1.29, 1.82) is 0 Å². The smallest absolute Gasteiger partial charge is 0.225 e. The van der Waals surface area contributed by atoms with E-state index >= 15 is 0 Å². The summed E-state index contributed by atoms with van der Waals surface area (Å²) in [6.45, 7) is 6.18. The van der Waals surface area contributed by atoms with Crippen LogP contribution in [0.4, 0.5) is 11.5 Å². The van der Waals surface area contributed by atoms with Gasteiger partial charge < -0.3 is 19.4 Å². The van der Waals surface area contributed by atoms with E-state index in [1.807, 2.05) is 65.6 Å². The molecule has 0 aliphatic carbocycles. The van der Waals surface area contributed by atoms with E-state index in [0.29, 0.717) is 5.88 Å². The molecule has 1 aromatic heterocycles. The van der Waals surface area contributed by atoms with E-state index in [2.05, 4.69) is 19.8 Å². The summed E-state index contributed by atoms with van der Waals surface area (Å²) in [6.07, 6.45) is 3.15. The van der Waals surface area contributed by atoms with Gasteiger partial charge in [-0.2, -0.15) is 0 Å².